The zero-order valence-corrected chi connectivity index (χ0v) is 11.3. The highest BCUT2D eigenvalue weighted by Crippen LogP contribution is 2.16. The van der Waals surface area contributed by atoms with Gasteiger partial charge in [-0.1, -0.05) is 30.2 Å². The first kappa shape index (κ1) is 13.4. The minimum atomic E-state index is -0.0338. The lowest BCUT2D eigenvalue weighted by Crippen LogP contribution is -2.47. The van der Waals surface area contributed by atoms with Crippen molar-refractivity contribution in [2.45, 2.75) is 38.3 Å². The second-order valence-electron chi connectivity index (χ2n) is 4.78. The van der Waals surface area contributed by atoms with E-state index in [-0.39, 0.29) is 18.0 Å². The number of halogens is 1. The molecular weight excluding hydrogens is 248 g/mol. The van der Waals surface area contributed by atoms with Crippen LogP contribution in [0.25, 0.3) is 0 Å². The molecule has 1 aromatic rings. The Hall–Kier alpha value is -1.06. The molecule has 0 aromatic heterocycles. The molecule has 0 aliphatic carbocycles. The molecule has 1 heterocycles. The van der Waals surface area contributed by atoms with Crippen LogP contribution in [0, 0.1) is 0 Å². The van der Waals surface area contributed by atoms with Gasteiger partial charge in [0.1, 0.15) is 0 Å². The van der Waals surface area contributed by atoms with Crippen LogP contribution in [0.1, 0.15) is 37.8 Å². The smallest absolute Gasteiger partial charge is 0.237 e. The number of hydrogen-bond acceptors (Lipinski definition) is 2. The number of carbonyl (C=O) groups is 1. The van der Waals surface area contributed by atoms with Gasteiger partial charge in [0.25, 0.3) is 0 Å². The average molecular weight is 267 g/mol. The van der Waals surface area contributed by atoms with Crippen LogP contribution in [0.2, 0.25) is 5.02 Å². The second-order valence-corrected chi connectivity index (χ2v) is 5.22. The summed E-state index contributed by atoms with van der Waals surface area (Å²) in [6, 6.07) is 7.56. The molecule has 1 aliphatic heterocycles. The van der Waals surface area contributed by atoms with E-state index >= 15 is 0 Å². The summed E-state index contributed by atoms with van der Waals surface area (Å²) in [5.41, 5.74) is 1.07. The lowest BCUT2D eigenvalue weighted by atomic mass is 10.0. The SMILES string of the molecule is CC(NC(=O)[C@@H]1CCCCN1)c1ccc(Cl)cc1. The summed E-state index contributed by atoms with van der Waals surface area (Å²) in [5, 5.41) is 7.01. The monoisotopic (exact) mass is 266 g/mol. The van der Waals surface area contributed by atoms with Crippen LogP contribution >= 0.6 is 11.6 Å². The highest BCUT2D eigenvalue weighted by Gasteiger charge is 2.21. The van der Waals surface area contributed by atoms with Crippen molar-refractivity contribution in [1.29, 1.82) is 0 Å². The van der Waals surface area contributed by atoms with E-state index in [4.69, 9.17) is 11.6 Å². The molecule has 0 spiro atoms. The molecule has 0 bridgehead atoms. The van der Waals surface area contributed by atoms with Crippen molar-refractivity contribution in [3.05, 3.63) is 34.9 Å². The fourth-order valence-corrected chi connectivity index (χ4v) is 2.35. The van der Waals surface area contributed by atoms with E-state index in [1.165, 1.54) is 0 Å². The molecule has 1 aliphatic rings. The lowest BCUT2D eigenvalue weighted by Gasteiger charge is -2.24. The summed E-state index contributed by atoms with van der Waals surface area (Å²) in [5.74, 6) is 0.0946. The molecule has 2 rings (SSSR count). The highest BCUT2D eigenvalue weighted by molar-refractivity contribution is 6.30. The molecule has 3 nitrogen and oxygen atoms in total. The van der Waals surface area contributed by atoms with Gasteiger partial charge in [-0.05, 0) is 44.0 Å². The third-order valence-electron chi connectivity index (χ3n) is 3.36. The molecule has 1 unspecified atom stereocenters. The molecule has 2 N–H and O–H groups in total. The summed E-state index contributed by atoms with van der Waals surface area (Å²) in [6.45, 7) is 2.93. The Morgan fingerprint density at radius 2 is 2.11 bits per heavy atom. The molecule has 4 heteroatoms. The van der Waals surface area contributed by atoms with Gasteiger partial charge in [-0.25, -0.2) is 0 Å². The Kier molecular flexibility index (Phi) is 4.61. The van der Waals surface area contributed by atoms with Gasteiger partial charge < -0.3 is 10.6 Å². The first-order chi connectivity index (χ1) is 8.66. The van der Waals surface area contributed by atoms with Crippen molar-refractivity contribution >= 4 is 17.5 Å². The fourth-order valence-electron chi connectivity index (χ4n) is 2.22. The van der Waals surface area contributed by atoms with Crippen molar-refractivity contribution in [2.24, 2.45) is 0 Å². The van der Waals surface area contributed by atoms with Gasteiger partial charge >= 0.3 is 0 Å². The van der Waals surface area contributed by atoms with Gasteiger partial charge in [0.2, 0.25) is 5.91 Å². The van der Waals surface area contributed by atoms with Crippen molar-refractivity contribution in [3.8, 4) is 0 Å². The van der Waals surface area contributed by atoms with E-state index in [0.29, 0.717) is 5.02 Å². The van der Waals surface area contributed by atoms with Gasteiger partial charge in [-0.15, -0.1) is 0 Å². The van der Waals surface area contributed by atoms with Crippen LogP contribution in [0.5, 0.6) is 0 Å². The zero-order valence-electron chi connectivity index (χ0n) is 10.6. The maximum Gasteiger partial charge on any atom is 0.237 e. The molecular formula is C14H19ClN2O. The molecule has 2 atom stereocenters. The number of carbonyl (C=O) groups excluding carboxylic acids is 1. The summed E-state index contributed by atoms with van der Waals surface area (Å²) < 4.78 is 0. The van der Waals surface area contributed by atoms with E-state index < -0.39 is 0 Å². The lowest BCUT2D eigenvalue weighted by molar-refractivity contribution is -0.124. The largest absolute Gasteiger partial charge is 0.348 e. The third-order valence-corrected chi connectivity index (χ3v) is 3.61. The quantitative estimate of drug-likeness (QED) is 0.883. The van der Waals surface area contributed by atoms with Gasteiger partial charge in [0.15, 0.2) is 0 Å². The van der Waals surface area contributed by atoms with Crippen LogP contribution in [-0.2, 0) is 4.79 Å². The zero-order chi connectivity index (χ0) is 13.0. The molecule has 18 heavy (non-hydrogen) atoms. The molecule has 1 aromatic carbocycles. The fraction of sp³-hybridized carbons (Fsp3) is 0.500. The van der Waals surface area contributed by atoms with Gasteiger partial charge in [0, 0.05) is 5.02 Å². The van der Waals surface area contributed by atoms with Crippen LogP contribution in [0.15, 0.2) is 24.3 Å². The first-order valence-corrected chi connectivity index (χ1v) is 6.84. The number of rotatable bonds is 3. The van der Waals surface area contributed by atoms with E-state index in [1.807, 2.05) is 31.2 Å². The molecule has 0 radical (unpaired) electrons. The summed E-state index contributed by atoms with van der Waals surface area (Å²) in [6.07, 6.45) is 3.22. The Labute approximate surface area is 113 Å². The van der Waals surface area contributed by atoms with Crippen molar-refractivity contribution < 1.29 is 4.79 Å². The van der Waals surface area contributed by atoms with E-state index in [9.17, 15) is 4.79 Å². The Morgan fingerprint density at radius 3 is 2.72 bits per heavy atom. The first-order valence-electron chi connectivity index (χ1n) is 6.46. The van der Waals surface area contributed by atoms with Crippen molar-refractivity contribution in [2.75, 3.05) is 6.54 Å². The maximum absolute atomic E-state index is 12.0. The molecule has 0 saturated carbocycles. The number of piperidine rings is 1. The Morgan fingerprint density at radius 1 is 1.39 bits per heavy atom. The van der Waals surface area contributed by atoms with E-state index in [0.717, 1.165) is 31.4 Å². The number of benzene rings is 1. The molecule has 98 valence electrons. The van der Waals surface area contributed by atoms with E-state index in [2.05, 4.69) is 10.6 Å². The summed E-state index contributed by atoms with van der Waals surface area (Å²) >= 11 is 5.85. The standard InChI is InChI=1S/C14H19ClN2O/c1-10(11-5-7-12(15)8-6-11)17-14(18)13-4-2-3-9-16-13/h5-8,10,13,16H,2-4,9H2,1H3,(H,17,18)/t10?,13-/m0/s1. The molecule has 1 saturated heterocycles. The van der Waals surface area contributed by atoms with Gasteiger partial charge in [-0.3, -0.25) is 4.79 Å². The molecule has 1 fully saturated rings. The van der Waals surface area contributed by atoms with Crippen molar-refractivity contribution in [3.63, 3.8) is 0 Å². The van der Waals surface area contributed by atoms with Crippen LogP contribution in [-0.4, -0.2) is 18.5 Å². The normalized spacial score (nSPS) is 21.3. The third kappa shape index (κ3) is 3.47. The predicted octanol–water partition coefficient (Wildman–Crippen LogP) is 2.66. The topological polar surface area (TPSA) is 41.1 Å². The predicted molar refractivity (Wildman–Crippen MR) is 73.7 cm³/mol. The van der Waals surface area contributed by atoms with Crippen molar-refractivity contribution in [1.82, 2.24) is 10.6 Å². The molecule has 1 amide bonds. The summed E-state index contributed by atoms with van der Waals surface area (Å²) in [4.78, 5) is 12.0. The minimum Gasteiger partial charge on any atom is -0.348 e. The van der Waals surface area contributed by atoms with Crippen LogP contribution in [0.3, 0.4) is 0 Å². The maximum atomic E-state index is 12.0. The van der Waals surface area contributed by atoms with Gasteiger partial charge in [-0.2, -0.15) is 0 Å². The highest BCUT2D eigenvalue weighted by atomic mass is 35.5. The number of nitrogens with one attached hydrogen (secondary N) is 2. The minimum absolute atomic E-state index is 0.0125. The van der Waals surface area contributed by atoms with Crippen LogP contribution < -0.4 is 10.6 Å². The second kappa shape index (κ2) is 6.21. The number of amides is 1. The Bertz CT molecular complexity index is 399. The Balaban J connectivity index is 1.91. The average Bonchev–Trinajstić information content (AvgIpc) is 2.40. The number of hydrogen-bond donors (Lipinski definition) is 2. The van der Waals surface area contributed by atoms with Crippen LogP contribution in [0.4, 0.5) is 0 Å². The van der Waals surface area contributed by atoms with E-state index in [1.54, 1.807) is 0 Å². The van der Waals surface area contributed by atoms with Gasteiger partial charge in [0.05, 0.1) is 12.1 Å². The summed E-state index contributed by atoms with van der Waals surface area (Å²) in [7, 11) is 0.